The molecule has 0 bridgehead atoms. The largest absolute Gasteiger partial charge is 0.444 e. The van der Waals surface area contributed by atoms with Crippen LogP contribution in [-0.4, -0.2) is 60.0 Å². The van der Waals surface area contributed by atoms with E-state index in [0.29, 0.717) is 18.5 Å². The molecule has 1 aromatic heterocycles. The molecule has 0 saturated carbocycles. The summed E-state index contributed by atoms with van der Waals surface area (Å²) in [5, 5.41) is 0.472. The number of benzene rings is 1. The number of pyridine rings is 1. The second kappa shape index (κ2) is 6.38. The van der Waals surface area contributed by atoms with Crippen molar-refractivity contribution in [1.82, 2.24) is 14.2 Å². The first-order valence-corrected chi connectivity index (χ1v) is 10.5. The van der Waals surface area contributed by atoms with Gasteiger partial charge in [-0.3, -0.25) is 4.98 Å². The Hall–Kier alpha value is -2.26. The molecule has 0 aliphatic carbocycles. The Labute approximate surface area is 163 Å². The van der Waals surface area contributed by atoms with E-state index in [4.69, 9.17) is 4.74 Å². The predicted octanol–water partition coefficient (Wildman–Crippen LogP) is 2.61. The maximum absolute atomic E-state index is 14.3. The van der Waals surface area contributed by atoms with E-state index >= 15 is 0 Å². The number of hydrogen-bond acceptors (Lipinski definition) is 5. The molecule has 28 heavy (non-hydrogen) atoms. The van der Waals surface area contributed by atoms with Crippen molar-refractivity contribution in [2.45, 2.75) is 37.3 Å². The normalized spacial score (nSPS) is 22.8. The number of sulfonamides is 1. The van der Waals surface area contributed by atoms with Gasteiger partial charge in [-0.1, -0.05) is 12.1 Å². The van der Waals surface area contributed by atoms with Crippen molar-refractivity contribution in [3.05, 3.63) is 36.4 Å². The number of halogens is 1. The molecule has 2 saturated heterocycles. The number of hydrogen-bond donors (Lipinski definition) is 0. The molecular formula is C19H22FN3O4S. The molecule has 2 aliphatic rings. The lowest BCUT2D eigenvalue weighted by Gasteiger charge is -2.43. The van der Waals surface area contributed by atoms with Crippen molar-refractivity contribution in [3.8, 4) is 0 Å². The van der Waals surface area contributed by atoms with Gasteiger partial charge in [0.15, 0.2) is 5.82 Å². The quantitative estimate of drug-likeness (QED) is 0.765. The average Bonchev–Trinajstić information content (AvgIpc) is 2.90. The van der Waals surface area contributed by atoms with Crippen molar-refractivity contribution >= 4 is 26.9 Å². The fourth-order valence-electron chi connectivity index (χ4n) is 3.84. The van der Waals surface area contributed by atoms with Gasteiger partial charge in [-0.15, -0.1) is 0 Å². The topological polar surface area (TPSA) is 79.8 Å². The number of aromatic nitrogens is 1. The van der Waals surface area contributed by atoms with Gasteiger partial charge in [0, 0.05) is 42.5 Å². The van der Waals surface area contributed by atoms with Crippen LogP contribution in [-0.2, 0) is 14.8 Å². The maximum Gasteiger partial charge on any atom is 0.410 e. The van der Waals surface area contributed by atoms with E-state index in [1.54, 1.807) is 37.8 Å². The van der Waals surface area contributed by atoms with Crippen LogP contribution in [0, 0.1) is 11.7 Å². The van der Waals surface area contributed by atoms with E-state index in [1.165, 1.54) is 16.6 Å². The summed E-state index contributed by atoms with van der Waals surface area (Å²) in [5.41, 5.74) is -0.610. The highest BCUT2D eigenvalue weighted by Gasteiger charge is 2.52. The Kier molecular flexibility index (Phi) is 4.35. The first-order chi connectivity index (χ1) is 13.1. The Morgan fingerprint density at radius 1 is 1.21 bits per heavy atom. The van der Waals surface area contributed by atoms with Crippen molar-refractivity contribution in [1.29, 1.82) is 0 Å². The van der Waals surface area contributed by atoms with Crippen LogP contribution in [0.3, 0.4) is 0 Å². The summed E-state index contributed by atoms with van der Waals surface area (Å²) in [6, 6.07) is 4.40. The van der Waals surface area contributed by atoms with Crippen LogP contribution in [0.2, 0.25) is 0 Å². The fourth-order valence-corrected chi connectivity index (χ4v) is 5.58. The van der Waals surface area contributed by atoms with E-state index < -0.39 is 27.5 Å². The van der Waals surface area contributed by atoms with Gasteiger partial charge in [0.05, 0.1) is 17.1 Å². The van der Waals surface area contributed by atoms with Crippen LogP contribution in [0.25, 0.3) is 10.8 Å². The molecule has 3 heterocycles. The highest BCUT2D eigenvalue weighted by atomic mass is 32.2. The minimum absolute atomic E-state index is 0.0424. The minimum atomic E-state index is -3.91. The standard InChI is InChI=1S/C19H22FN3O4S/c1-19(2,3)27-18(24)23-10-13-9-22(11-15(13)23)28(25,26)16-6-4-5-12-7-21-8-14(20)17(12)16/h4-8,13,15H,9-11H2,1-3H3/t13-,15-/m0/s1. The molecule has 0 unspecified atom stereocenters. The molecular weight excluding hydrogens is 385 g/mol. The third-order valence-corrected chi connectivity index (χ3v) is 7.02. The highest BCUT2D eigenvalue weighted by molar-refractivity contribution is 7.89. The smallest absolute Gasteiger partial charge is 0.410 e. The van der Waals surface area contributed by atoms with E-state index in [2.05, 4.69) is 4.98 Å². The Bertz CT molecular complexity index is 1050. The lowest BCUT2D eigenvalue weighted by atomic mass is 9.93. The minimum Gasteiger partial charge on any atom is -0.444 e. The zero-order valence-corrected chi connectivity index (χ0v) is 16.7. The summed E-state index contributed by atoms with van der Waals surface area (Å²) in [6.07, 6.45) is 2.02. The second-order valence-electron chi connectivity index (χ2n) is 8.26. The molecule has 1 amide bonds. The molecule has 0 radical (unpaired) electrons. The molecule has 2 aromatic rings. The van der Waals surface area contributed by atoms with Gasteiger partial charge < -0.3 is 9.64 Å². The van der Waals surface area contributed by atoms with Crippen molar-refractivity contribution in [2.24, 2.45) is 5.92 Å². The highest BCUT2D eigenvalue weighted by Crippen LogP contribution is 2.37. The first kappa shape index (κ1) is 19.1. The van der Waals surface area contributed by atoms with Gasteiger partial charge in [0.1, 0.15) is 5.60 Å². The number of carbonyl (C=O) groups excluding carboxylic acids is 1. The lowest BCUT2D eigenvalue weighted by molar-refractivity contribution is -0.0164. The van der Waals surface area contributed by atoms with Gasteiger partial charge in [-0.2, -0.15) is 4.31 Å². The van der Waals surface area contributed by atoms with Crippen LogP contribution in [0.15, 0.2) is 35.5 Å². The number of amides is 1. The van der Waals surface area contributed by atoms with Gasteiger partial charge in [-0.05, 0) is 26.8 Å². The van der Waals surface area contributed by atoms with Crippen LogP contribution < -0.4 is 0 Å². The number of rotatable bonds is 2. The van der Waals surface area contributed by atoms with Gasteiger partial charge in [0.2, 0.25) is 10.0 Å². The fraction of sp³-hybridized carbons (Fsp3) is 0.474. The summed E-state index contributed by atoms with van der Waals surface area (Å²) < 4.78 is 47.5. The Balaban J connectivity index is 1.59. The molecule has 2 fully saturated rings. The van der Waals surface area contributed by atoms with Crippen molar-refractivity contribution in [2.75, 3.05) is 19.6 Å². The van der Waals surface area contributed by atoms with Crippen LogP contribution >= 0.6 is 0 Å². The molecule has 0 N–H and O–H groups in total. The Morgan fingerprint density at radius 3 is 2.68 bits per heavy atom. The van der Waals surface area contributed by atoms with Gasteiger partial charge in [0.25, 0.3) is 0 Å². The third-order valence-electron chi connectivity index (χ3n) is 5.15. The molecule has 150 valence electrons. The summed E-state index contributed by atoms with van der Waals surface area (Å²) in [7, 11) is -3.91. The number of ether oxygens (including phenoxy) is 1. The molecule has 0 spiro atoms. The van der Waals surface area contributed by atoms with Gasteiger partial charge >= 0.3 is 6.09 Å². The van der Waals surface area contributed by atoms with E-state index in [1.807, 2.05) is 0 Å². The number of nitrogens with zero attached hydrogens (tertiary/aromatic N) is 3. The number of fused-ring (bicyclic) bond motifs is 2. The van der Waals surface area contributed by atoms with Crippen molar-refractivity contribution < 1.29 is 22.3 Å². The van der Waals surface area contributed by atoms with E-state index in [9.17, 15) is 17.6 Å². The monoisotopic (exact) mass is 407 g/mol. The molecule has 1 aromatic carbocycles. The molecule has 4 rings (SSSR count). The zero-order valence-electron chi connectivity index (χ0n) is 15.9. The molecule has 7 nitrogen and oxygen atoms in total. The SMILES string of the molecule is CC(C)(C)OC(=O)N1C[C@@H]2CN(S(=O)(=O)c3cccc4cncc(F)c34)C[C@@H]21. The van der Waals surface area contributed by atoms with E-state index in [-0.39, 0.29) is 28.8 Å². The van der Waals surface area contributed by atoms with Gasteiger partial charge in [-0.25, -0.2) is 17.6 Å². The summed E-state index contributed by atoms with van der Waals surface area (Å²) in [6.45, 7) is 6.30. The summed E-state index contributed by atoms with van der Waals surface area (Å²) in [5.74, 6) is -0.613. The predicted molar refractivity (Wildman–Crippen MR) is 101 cm³/mol. The maximum atomic E-state index is 14.3. The van der Waals surface area contributed by atoms with Crippen LogP contribution in [0.4, 0.5) is 9.18 Å². The van der Waals surface area contributed by atoms with Crippen molar-refractivity contribution in [3.63, 3.8) is 0 Å². The Morgan fingerprint density at radius 2 is 1.96 bits per heavy atom. The average molecular weight is 407 g/mol. The zero-order chi connectivity index (χ0) is 20.3. The number of carbonyl (C=O) groups is 1. The van der Waals surface area contributed by atoms with Crippen LogP contribution in [0.5, 0.6) is 0 Å². The van der Waals surface area contributed by atoms with E-state index in [0.717, 1.165) is 6.20 Å². The lowest BCUT2D eigenvalue weighted by Crippen LogP contribution is -2.59. The number of likely N-dealkylation sites (tertiary alicyclic amines) is 1. The summed E-state index contributed by atoms with van der Waals surface area (Å²) >= 11 is 0. The van der Waals surface area contributed by atoms with Crippen LogP contribution in [0.1, 0.15) is 20.8 Å². The second-order valence-corrected chi connectivity index (χ2v) is 10.2. The molecule has 9 heteroatoms. The molecule has 2 atom stereocenters. The first-order valence-electron chi connectivity index (χ1n) is 9.10. The summed E-state index contributed by atoms with van der Waals surface area (Å²) in [4.78, 5) is 17.6. The third kappa shape index (κ3) is 3.12. The molecule has 2 aliphatic heterocycles.